The molecule has 4 rings (SSSR count). The van der Waals surface area contributed by atoms with E-state index in [-0.39, 0.29) is 23.3 Å². The van der Waals surface area contributed by atoms with E-state index >= 15 is 0 Å². The van der Waals surface area contributed by atoms with Gasteiger partial charge in [-0.25, -0.2) is 17.7 Å². The van der Waals surface area contributed by atoms with Gasteiger partial charge in [0, 0.05) is 36.3 Å². The van der Waals surface area contributed by atoms with Crippen molar-refractivity contribution in [1.29, 1.82) is 0 Å². The summed E-state index contributed by atoms with van der Waals surface area (Å²) in [6, 6.07) is 5.56. The highest BCUT2D eigenvalue weighted by Crippen LogP contribution is 2.28. The Balaban J connectivity index is 1.63. The number of piperidine rings is 1. The molecule has 0 spiro atoms. The summed E-state index contributed by atoms with van der Waals surface area (Å²) in [6.07, 6.45) is 2.04. The lowest BCUT2D eigenvalue weighted by Crippen LogP contribution is -2.41. The van der Waals surface area contributed by atoms with Gasteiger partial charge < -0.3 is 5.32 Å². The van der Waals surface area contributed by atoms with Crippen LogP contribution in [-0.2, 0) is 14.8 Å². The van der Waals surface area contributed by atoms with E-state index in [0.717, 1.165) is 4.88 Å². The van der Waals surface area contributed by atoms with E-state index in [4.69, 9.17) is 0 Å². The summed E-state index contributed by atoms with van der Waals surface area (Å²) in [5.74, 6) is 0.0509. The third-order valence-corrected chi connectivity index (χ3v) is 7.81. The molecule has 170 valence electrons. The largest absolute Gasteiger partial charge is 0.310 e. The Kier molecular flexibility index (Phi) is 6.01. The van der Waals surface area contributed by atoms with Gasteiger partial charge in [-0.05, 0) is 38.1 Å². The van der Waals surface area contributed by atoms with Gasteiger partial charge >= 0.3 is 0 Å². The Morgan fingerprint density at radius 2 is 2.00 bits per heavy atom. The van der Waals surface area contributed by atoms with Gasteiger partial charge in [0.15, 0.2) is 0 Å². The highest BCUT2D eigenvalue weighted by atomic mass is 32.2. The fourth-order valence-corrected chi connectivity index (χ4v) is 5.14. The summed E-state index contributed by atoms with van der Waals surface area (Å²) in [4.78, 5) is 33.3. The van der Waals surface area contributed by atoms with E-state index in [2.05, 4.69) is 20.4 Å². The van der Waals surface area contributed by atoms with Crippen molar-refractivity contribution >= 4 is 33.1 Å². The number of carbonyl (C=O) groups excluding carboxylic acids is 1. The summed E-state index contributed by atoms with van der Waals surface area (Å²) in [7, 11) is -3.26. The van der Waals surface area contributed by atoms with E-state index < -0.39 is 10.0 Å². The Morgan fingerprint density at radius 1 is 1.28 bits per heavy atom. The van der Waals surface area contributed by atoms with E-state index in [1.165, 1.54) is 26.6 Å². The van der Waals surface area contributed by atoms with Crippen LogP contribution in [0.4, 0.5) is 5.82 Å². The molecule has 4 heterocycles. The van der Waals surface area contributed by atoms with Crippen LogP contribution in [0.15, 0.2) is 28.4 Å². The number of nitrogens with zero attached hydrogens (tertiary/aromatic N) is 4. The maximum atomic E-state index is 13.0. The van der Waals surface area contributed by atoms with Crippen LogP contribution in [-0.4, -0.2) is 57.7 Å². The number of H-pyrrole nitrogens is 1. The summed E-state index contributed by atoms with van der Waals surface area (Å²) in [5.41, 5.74) is 1.46. The molecule has 1 aliphatic rings. The maximum absolute atomic E-state index is 13.0. The Hall–Kier alpha value is -2.83. The molecule has 0 unspecified atom stereocenters. The van der Waals surface area contributed by atoms with Gasteiger partial charge in [-0.1, -0.05) is 6.07 Å². The molecule has 0 atom stereocenters. The number of aryl methyl sites for hydroxylation is 1. The van der Waals surface area contributed by atoms with Crippen molar-refractivity contribution in [2.75, 3.05) is 24.7 Å². The molecule has 0 radical (unpaired) electrons. The van der Waals surface area contributed by atoms with Crippen molar-refractivity contribution in [3.63, 3.8) is 0 Å². The lowest BCUT2D eigenvalue weighted by molar-refractivity contribution is -0.120. The normalized spacial score (nSPS) is 15.7. The highest BCUT2D eigenvalue weighted by Gasteiger charge is 2.30. The lowest BCUT2D eigenvalue weighted by atomic mass is 9.97. The lowest BCUT2D eigenvalue weighted by Gasteiger charge is -2.29. The second-order valence-corrected chi connectivity index (χ2v) is 10.8. The number of hydrogen-bond acceptors (Lipinski definition) is 7. The molecule has 3 aromatic heterocycles. The van der Waals surface area contributed by atoms with E-state index in [9.17, 15) is 18.0 Å². The summed E-state index contributed by atoms with van der Waals surface area (Å²) >= 11 is 1.51. The first-order chi connectivity index (χ1) is 15.1. The predicted molar refractivity (Wildman–Crippen MR) is 123 cm³/mol. The maximum Gasteiger partial charge on any atom is 0.255 e. The van der Waals surface area contributed by atoms with Crippen molar-refractivity contribution in [2.45, 2.75) is 26.7 Å². The van der Waals surface area contributed by atoms with Crippen LogP contribution in [0.5, 0.6) is 0 Å². The smallest absolute Gasteiger partial charge is 0.255 e. The SMILES string of the molecule is Cc1nc(-n2nc(-c3cccs3)cc2NC(=O)C2CCN(S(C)(=O)=O)CC2)[nH]c(=O)c1C. The highest BCUT2D eigenvalue weighted by molar-refractivity contribution is 7.88. The zero-order valence-corrected chi connectivity index (χ0v) is 19.6. The molecule has 0 aromatic carbocycles. The van der Waals surface area contributed by atoms with Crippen LogP contribution < -0.4 is 10.9 Å². The van der Waals surface area contributed by atoms with Gasteiger partial charge in [-0.2, -0.15) is 9.78 Å². The second kappa shape index (κ2) is 8.60. The second-order valence-electron chi connectivity index (χ2n) is 7.83. The molecule has 10 nitrogen and oxygen atoms in total. The molecule has 12 heteroatoms. The van der Waals surface area contributed by atoms with Gasteiger partial charge in [-0.15, -0.1) is 11.3 Å². The predicted octanol–water partition coefficient (Wildman–Crippen LogP) is 1.91. The van der Waals surface area contributed by atoms with Crippen LogP contribution in [0.3, 0.4) is 0 Å². The van der Waals surface area contributed by atoms with Gasteiger partial charge in [0.25, 0.3) is 5.56 Å². The number of anilines is 1. The van der Waals surface area contributed by atoms with Crippen molar-refractivity contribution in [3.05, 3.63) is 45.2 Å². The molecule has 32 heavy (non-hydrogen) atoms. The first kappa shape index (κ1) is 22.4. The topological polar surface area (TPSA) is 130 Å². The fourth-order valence-electron chi connectivity index (χ4n) is 3.58. The van der Waals surface area contributed by atoms with Gasteiger partial charge in [0.1, 0.15) is 11.5 Å². The Bertz CT molecular complexity index is 1300. The number of sulfonamides is 1. The van der Waals surface area contributed by atoms with Crippen LogP contribution in [0.2, 0.25) is 0 Å². The van der Waals surface area contributed by atoms with Crippen LogP contribution in [0.1, 0.15) is 24.1 Å². The summed E-state index contributed by atoms with van der Waals surface area (Å²) in [6.45, 7) is 4.05. The Labute approximate surface area is 189 Å². The number of hydrogen-bond donors (Lipinski definition) is 2. The van der Waals surface area contributed by atoms with E-state index in [0.29, 0.717) is 48.7 Å². The molecule has 3 aromatic rings. The zero-order valence-electron chi connectivity index (χ0n) is 18.0. The van der Waals surface area contributed by atoms with Crippen LogP contribution >= 0.6 is 11.3 Å². The Morgan fingerprint density at radius 3 is 2.59 bits per heavy atom. The molecule has 0 bridgehead atoms. The molecule has 1 saturated heterocycles. The molecule has 1 aliphatic heterocycles. The number of rotatable bonds is 5. The molecule has 0 saturated carbocycles. The van der Waals surface area contributed by atoms with Crippen molar-refractivity contribution in [2.24, 2.45) is 5.92 Å². The fraction of sp³-hybridized carbons (Fsp3) is 0.400. The van der Waals surface area contributed by atoms with Gasteiger partial charge in [0.2, 0.25) is 21.9 Å². The first-order valence-electron chi connectivity index (χ1n) is 10.1. The van der Waals surface area contributed by atoms with Crippen molar-refractivity contribution in [3.8, 4) is 16.5 Å². The number of amides is 1. The number of aromatic amines is 1. The number of nitrogens with one attached hydrogen (secondary N) is 2. The van der Waals surface area contributed by atoms with Gasteiger partial charge in [0.05, 0.1) is 11.1 Å². The zero-order chi connectivity index (χ0) is 23.0. The standard InChI is InChI=1S/C20H24N6O4S2/c1-12-13(2)21-20(23-18(12)27)26-17(11-15(24-26)16-5-4-10-31-16)22-19(28)14-6-8-25(9-7-14)32(3,29)30/h4-5,10-11,14H,6-9H2,1-3H3,(H,22,28)(H,21,23,27). The average molecular weight is 477 g/mol. The minimum atomic E-state index is -3.26. The van der Waals surface area contributed by atoms with Crippen LogP contribution in [0.25, 0.3) is 16.5 Å². The van der Waals surface area contributed by atoms with Crippen molar-refractivity contribution in [1.82, 2.24) is 24.1 Å². The molecular formula is C20H24N6O4S2. The third kappa shape index (κ3) is 4.52. The third-order valence-electron chi connectivity index (χ3n) is 5.61. The van der Waals surface area contributed by atoms with Crippen LogP contribution in [0, 0.1) is 19.8 Å². The first-order valence-corrected chi connectivity index (χ1v) is 12.8. The molecule has 1 fully saturated rings. The van der Waals surface area contributed by atoms with E-state index in [1.807, 2.05) is 17.5 Å². The monoisotopic (exact) mass is 476 g/mol. The molecular weight excluding hydrogens is 452 g/mol. The summed E-state index contributed by atoms with van der Waals surface area (Å²) in [5, 5.41) is 9.40. The number of thiophene rings is 1. The van der Waals surface area contributed by atoms with Crippen molar-refractivity contribution < 1.29 is 13.2 Å². The summed E-state index contributed by atoms with van der Waals surface area (Å²) < 4.78 is 26.3. The minimum Gasteiger partial charge on any atom is -0.310 e. The van der Waals surface area contributed by atoms with E-state index in [1.54, 1.807) is 19.9 Å². The quantitative estimate of drug-likeness (QED) is 0.579. The molecule has 2 N–H and O–H groups in total. The van der Waals surface area contributed by atoms with Gasteiger partial charge in [-0.3, -0.25) is 14.6 Å². The molecule has 1 amide bonds. The average Bonchev–Trinajstić information content (AvgIpc) is 3.41. The number of carbonyl (C=O) groups is 1. The number of aromatic nitrogens is 4. The minimum absolute atomic E-state index is 0.211. The molecule has 0 aliphatic carbocycles.